The molecule has 0 aliphatic rings. The number of methoxy groups -OCH3 is 1. The molecule has 1 heterocycles. The Morgan fingerprint density at radius 2 is 2.08 bits per heavy atom. The van der Waals surface area contributed by atoms with Gasteiger partial charge in [0, 0.05) is 29.7 Å². The second-order valence-corrected chi connectivity index (χ2v) is 5.77. The number of aromatic nitrogens is 1. The number of amides is 1. The molecule has 0 aliphatic heterocycles. The van der Waals surface area contributed by atoms with Crippen LogP contribution in [0.2, 0.25) is 0 Å². The van der Waals surface area contributed by atoms with Crippen LogP contribution < -0.4 is 20.5 Å². The van der Waals surface area contributed by atoms with Gasteiger partial charge in [0.05, 0.1) is 13.2 Å². The first-order valence-corrected chi connectivity index (χ1v) is 7.77. The fourth-order valence-corrected chi connectivity index (χ4v) is 2.04. The molecule has 1 aromatic carbocycles. The Morgan fingerprint density at radius 3 is 2.71 bits per heavy atom. The van der Waals surface area contributed by atoms with Gasteiger partial charge < -0.3 is 20.5 Å². The van der Waals surface area contributed by atoms with Crippen molar-refractivity contribution in [3.63, 3.8) is 0 Å². The van der Waals surface area contributed by atoms with Crippen molar-refractivity contribution < 1.29 is 14.3 Å². The molecule has 24 heavy (non-hydrogen) atoms. The highest BCUT2D eigenvalue weighted by atomic mass is 16.5. The highest BCUT2D eigenvalue weighted by Gasteiger charge is 2.18. The number of pyridine rings is 1. The van der Waals surface area contributed by atoms with E-state index in [0.717, 1.165) is 5.56 Å². The van der Waals surface area contributed by atoms with Crippen LogP contribution in [0.3, 0.4) is 0 Å². The minimum absolute atomic E-state index is 0.0598. The SMILES string of the molecule is COc1ccc(NC(=O)[C@@H](N)C(C)C)cc1OCc1cccnc1. The lowest BCUT2D eigenvalue weighted by molar-refractivity contribution is -0.118. The molecule has 0 bridgehead atoms. The molecule has 0 unspecified atom stereocenters. The molecule has 3 N–H and O–H groups in total. The first-order chi connectivity index (χ1) is 11.5. The number of hydrogen-bond acceptors (Lipinski definition) is 5. The number of nitrogens with one attached hydrogen (secondary N) is 1. The largest absolute Gasteiger partial charge is 0.493 e. The van der Waals surface area contributed by atoms with Gasteiger partial charge in [-0.1, -0.05) is 19.9 Å². The molecule has 0 fully saturated rings. The van der Waals surface area contributed by atoms with E-state index in [1.165, 1.54) is 0 Å². The van der Waals surface area contributed by atoms with Crippen LogP contribution in [0, 0.1) is 5.92 Å². The molecule has 0 saturated heterocycles. The van der Waals surface area contributed by atoms with E-state index < -0.39 is 6.04 Å². The van der Waals surface area contributed by atoms with E-state index in [0.29, 0.717) is 23.8 Å². The maximum atomic E-state index is 12.1. The summed E-state index contributed by atoms with van der Waals surface area (Å²) in [7, 11) is 1.57. The van der Waals surface area contributed by atoms with Crippen LogP contribution >= 0.6 is 0 Å². The quantitative estimate of drug-likeness (QED) is 0.815. The van der Waals surface area contributed by atoms with Crippen molar-refractivity contribution in [1.82, 2.24) is 4.98 Å². The number of nitrogens with two attached hydrogens (primary N) is 1. The predicted molar refractivity (Wildman–Crippen MR) is 93.0 cm³/mol. The van der Waals surface area contributed by atoms with Gasteiger partial charge in [0.25, 0.3) is 0 Å². The Morgan fingerprint density at radius 1 is 1.29 bits per heavy atom. The summed E-state index contributed by atoms with van der Waals surface area (Å²) in [6.07, 6.45) is 3.44. The molecule has 1 atom stereocenters. The molecule has 6 heteroatoms. The summed E-state index contributed by atoms with van der Waals surface area (Å²) >= 11 is 0. The van der Waals surface area contributed by atoms with E-state index in [1.54, 1.807) is 37.7 Å². The zero-order valence-corrected chi connectivity index (χ0v) is 14.2. The number of ether oxygens (including phenoxy) is 2. The van der Waals surface area contributed by atoms with Crippen molar-refractivity contribution in [3.8, 4) is 11.5 Å². The van der Waals surface area contributed by atoms with Crippen LogP contribution in [0.25, 0.3) is 0 Å². The number of benzene rings is 1. The fourth-order valence-electron chi connectivity index (χ4n) is 2.04. The minimum atomic E-state index is -0.563. The van der Waals surface area contributed by atoms with Crippen molar-refractivity contribution in [2.75, 3.05) is 12.4 Å². The molecule has 2 aromatic rings. The summed E-state index contributed by atoms with van der Waals surface area (Å²) in [5, 5.41) is 2.80. The topological polar surface area (TPSA) is 86.5 Å². The Labute approximate surface area is 142 Å². The number of carbonyl (C=O) groups is 1. The molecular formula is C18H23N3O3. The van der Waals surface area contributed by atoms with Crippen LogP contribution in [-0.4, -0.2) is 24.0 Å². The molecule has 1 aromatic heterocycles. The summed E-state index contributed by atoms with van der Waals surface area (Å²) < 4.78 is 11.1. The molecule has 128 valence electrons. The second kappa shape index (κ2) is 8.31. The first kappa shape index (κ1) is 17.7. The van der Waals surface area contributed by atoms with Gasteiger partial charge in [-0.05, 0) is 24.1 Å². The normalized spacial score (nSPS) is 11.9. The van der Waals surface area contributed by atoms with Crippen molar-refractivity contribution in [2.45, 2.75) is 26.5 Å². The van der Waals surface area contributed by atoms with Gasteiger partial charge in [-0.15, -0.1) is 0 Å². The van der Waals surface area contributed by atoms with Gasteiger partial charge in [-0.25, -0.2) is 0 Å². The maximum absolute atomic E-state index is 12.1. The first-order valence-electron chi connectivity index (χ1n) is 7.77. The highest BCUT2D eigenvalue weighted by molar-refractivity contribution is 5.95. The monoisotopic (exact) mass is 329 g/mol. The predicted octanol–water partition coefficient (Wildman–Crippen LogP) is 2.59. The smallest absolute Gasteiger partial charge is 0.241 e. The maximum Gasteiger partial charge on any atom is 0.241 e. The number of carbonyl (C=O) groups excluding carboxylic acids is 1. The molecule has 0 spiro atoms. The number of anilines is 1. The van der Waals surface area contributed by atoms with Crippen molar-refractivity contribution in [1.29, 1.82) is 0 Å². The molecule has 1 amide bonds. The second-order valence-electron chi connectivity index (χ2n) is 5.77. The Balaban J connectivity index is 2.10. The summed E-state index contributed by atoms with van der Waals surface area (Å²) in [5.41, 5.74) is 7.41. The van der Waals surface area contributed by atoms with E-state index in [9.17, 15) is 4.79 Å². The lowest BCUT2D eigenvalue weighted by atomic mass is 10.0. The summed E-state index contributed by atoms with van der Waals surface area (Å²) in [4.78, 5) is 16.1. The van der Waals surface area contributed by atoms with Gasteiger partial charge in [-0.3, -0.25) is 9.78 Å². The summed E-state index contributed by atoms with van der Waals surface area (Å²) in [6.45, 7) is 4.16. The van der Waals surface area contributed by atoms with E-state index >= 15 is 0 Å². The van der Waals surface area contributed by atoms with Crippen molar-refractivity contribution in [3.05, 3.63) is 48.3 Å². The summed E-state index contributed by atoms with van der Waals surface area (Å²) in [6, 6.07) is 8.43. The molecule has 0 saturated carbocycles. The number of hydrogen-bond donors (Lipinski definition) is 2. The van der Waals surface area contributed by atoms with Crippen LogP contribution in [0.5, 0.6) is 11.5 Å². The molecular weight excluding hydrogens is 306 g/mol. The Kier molecular flexibility index (Phi) is 6.14. The van der Waals surface area contributed by atoms with E-state index in [-0.39, 0.29) is 11.8 Å². The Bertz CT molecular complexity index is 674. The van der Waals surface area contributed by atoms with E-state index in [2.05, 4.69) is 10.3 Å². The average Bonchev–Trinajstić information content (AvgIpc) is 2.60. The lowest BCUT2D eigenvalue weighted by Crippen LogP contribution is -2.39. The van der Waals surface area contributed by atoms with E-state index in [4.69, 9.17) is 15.2 Å². The van der Waals surface area contributed by atoms with Gasteiger partial charge in [0.1, 0.15) is 6.61 Å². The van der Waals surface area contributed by atoms with Gasteiger partial charge >= 0.3 is 0 Å². The van der Waals surface area contributed by atoms with Gasteiger partial charge in [-0.2, -0.15) is 0 Å². The van der Waals surface area contributed by atoms with Crippen LogP contribution in [0.1, 0.15) is 19.4 Å². The van der Waals surface area contributed by atoms with Gasteiger partial charge in [0.2, 0.25) is 5.91 Å². The molecule has 0 aliphatic carbocycles. The zero-order chi connectivity index (χ0) is 17.5. The molecule has 2 rings (SSSR count). The third kappa shape index (κ3) is 4.70. The average molecular weight is 329 g/mol. The fraction of sp³-hybridized carbons (Fsp3) is 0.333. The van der Waals surface area contributed by atoms with Crippen LogP contribution in [0.15, 0.2) is 42.7 Å². The third-order valence-corrected chi connectivity index (χ3v) is 3.57. The Hall–Kier alpha value is -2.60. The number of nitrogens with zero attached hydrogens (tertiary/aromatic N) is 1. The van der Waals surface area contributed by atoms with Crippen molar-refractivity contribution >= 4 is 11.6 Å². The van der Waals surface area contributed by atoms with Crippen LogP contribution in [-0.2, 0) is 11.4 Å². The third-order valence-electron chi connectivity index (χ3n) is 3.57. The number of rotatable bonds is 7. The molecule has 6 nitrogen and oxygen atoms in total. The summed E-state index contributed by atoms with van der Waals surface area (Å²) in [5.74, 6) is 0.959. The van der Waals surface area contributed by atoms with Crippen LogP contribution in [0.4, 0.5) is 5.69 Å². The lowest BCUT2D eigenvalue weighted by Gasteiger charge is -2.17. The standard InChI is InChI=1S/C18H23N3O3/c1-12(2)17(19)18(22)21-14-6-7-15(23-3)16(9-14)24-11-13-5-4-8-20-10-13/h4-10,12,17H,11,19H2,1-3H3,(H,21,22)/t17-/m0/s1. The van der Waals surface area contributed by atoms with E-state index in [1.807, 2.05) is 26.0 Å². The molecule has 0 radical (unpaired) electrons. The minimum Gasteiger partial charge on any atom is -0.493 e. The van der Waals surface area contributed by atoms with Crippen molar-refractivity contribution in [2.24, 2.45) is 11.7 Å². The highest BCUT2D eigenvalue weighted by Crippen LogP contribution is 2.31. The zero-order valence-electron chi connectivity index (χ0n) is 14.2. The van der Waals surface area contributed by atoms with Gasteiger partial charge in [0.15, 0.2) is 11.5 Å².